The third kappa shape index (κ3) is 3.96. The van der Waals surface area contributed by atoms with Crippen LogP contribution in [0.25, 0.3) is 0 Å². The fraction of sp³-hybridized carbons (Fsp3) is 0.0476. The fourth-order valence-corrected chi connectivity index (χ4v) is 3.48. The lowest BCUT2D eigenvalue weighted by Crippen LogP contribution is -2.20. The van der Waals surface area contributed by atoms with E-state index in [1.165, 1.54) is 11.8 Å². The first kappa shape index (κ1) is 17.2. The van der Waals surface area contributed by atoms with Gasteiger partial charge in [0.2, 0.25) is 5.91 Å². The van der Waals surface area contributed by atoms with E-state index >= 15 is 0 Å². The van der Waals surface area contributed by atoms with Crippen LogP contribution in [0.3, 0.4) is 0 Å². The molecular weight excluding hydrogens is 360 g/mol. The first-order valence-electron chi connectivity index (χ1n) is 8.39. The van der Waals surface area contributed by atoms with Crippen molar-refractivity contribution in [3.8, 4) is 11.5 Å². The van der Waals surface area contributed by atoms with Crippen LogP contribution in [0.4, 0.5) is 11.4 Å². The zero-order valence-electron chi connectivity index (χ0n) is 14.3. The van der Waals surface area contributed by atoms with Gasteiger partial charge >= 0.3 is 0 Å². The monoisotopic (exact) mass is 376 g/mol. The third-order valence-corrected chi connectivity index (χ3v) is 5.05. The van der Waals surface area contributed by atoms with Crippen molar-refractivity contribution in [2.75, 3.05) is 16.4 Å². The number of fused-ring (bicyclic) bond motifs is 1. The summed E-state index contributed by atoms with van der Waals surface area (Å²) in [5, 5.41) is 5.68. The molecule has 0 atom stereocenters. The lowest BCUT2D eigenvalue weighted by Gasteiger charge is -2.17. The minimum atomic E-state index is -0.272. The SMILES string of the molecule is O=C1CSc2ccc(C(=O)Nc3ccccc3Oc3ccccc3)cc2N1. The Bertz CT molecular complexity index is 1010. The van der Waals surface area contributed by atoms with Crippen molar-refractivity contribution < 1.29 is 14.3 Å². The molecule has 0 fully saturated rings. The van der Waals surface area contributed by atoms with Crippen molar-refractivity contribution in [3.05, 3.63) is 78.4 Å². The Morgan fingerprint density at radius 3 is 2.63 bits per heavy atom. The second-order valence-electron chi connectivity index (χ2n) is 5.91. The molecule has 0 saturated heterocycles. The summed E-state index contributed by atoms with van der Waals surface area (Å²) in [7, 11) is 0. The highest BCUT2D eigenvalue weighted by molar-refractivity contribution is 8.00. The Hall–Kier alpha value is -3.25. The number of ether oxygens (including phenoxy) is 1. The molecule has 0 bridgehead atoms. The first-order valence-corrected chi connectivity index (χ1v) is 9.37. The lowest BCUT2D eigenvalue weighted by molar-refractivity contribution is -0.113. The minimum Gasteiger partial charge on any atom is -0.455 e. The van der Waals surface area contributed by atoms with Gasteiger partial charge in [-0.15, -0.1) is 11.8 Å². The molecule has 2 N–H and O–H groups in total. The highest BCUT2D eigenvalue weighted by Crippen LogP contribution is 2.33. The third-order valence-electron chi connectivity index (χ3n) is 3.98. The van der Waals surface area contributed by atoms with Gasteiger partial charge in [0.05, 0.1) is 17.1 Å². The van der Waals surface area contributed by atoms with E-state index in [-0.39, 0.29) is 11.8 Å². The number of anilines is 2. The van der Waals surface area contributed by atoms with Crippen LogP contribution in [0.2, 0.25) is 0 Å². The van der Waals surface area contributed by atoms with Gasteiger partial charge < -0.3 is 15.4 Å². The Morgan fingerprint density at radius 2 is 1.78 bits per heavy atom. The zero-order chi connectivity index (χ0) is 18.6. The van der Waals surface area contributed by atoms with E-state index in [1.54, 1.807) is 24.3 Å². The minimum absolute atomic E-state index is 0.0633. The van der Waals surface area contributed by atoms with E-state index in [4.69, 9.17) is 4.74 Å². The van der Waals surface area contributed by atoms with Crippen LogP contribution in [-0.2, 0) is 4.79 Å². The van der Waals surface area contributed by atoms with Gasteiger partial charge in [0.25, 0.3) is 5.91 Å². The molecule has 6 heteroatoms. The van der Waals surface area contributed by atoms with Gasteiger partial charge in [-0.25, -0.2) is 0 Å². The predicted molar refractivity (Wildman–Crippen MR) is 107 cm³/mol. The smallest absolute Gasteiger partial charge is 0.255 e. The van der Waals surface area contributed by atoms with Crippen molar-refractivity contribution in [1.82, 2.24) is 0 Å². The molecule has 0 saturated carbocycles. The van der Waals surface area contributed by atoms with Crippen LogP contribution >= 0.6 is 11.8 Å². The largest absolute Gasteiger partial charge is 0.455 e. The Kier molecular flexibility index (Phi) is 4.80. The summed E-state index contributed by atoms with van der Waals surface area (Å²) < 4.78 is 5.88. The summed E-state index contributed by atoms with van der Waals surface area (Å²) in [6.07, 6.45) is 0. The molecule has 0 unspecified atom stereocenters. The molecule has 5 nitrogen and oxygen atoms in total. The Labute approximate surface area is 160 Å². The Balaban J connectivity index is 1.55. The maximum atomic E-state index is 12.7. The molecule has 0 aliphatic carbocycles. The molecule has 27 heavy (non-hydrogen) atoms. The van der Waals surface area contributed by atoms with Gasteiger partial charge in [0, 0.05) is 10.5 Å². The summed E-state index contributed by atoms with van der Waals surface area (Å²) >= 11 is 1.46. The van der Waals surface area contributed by atoms with Crippen LogP contribution in [0, 0.1) is 0 Å². The van der Waals surface area contributed by atoms with Crippen LogP contribution < -0.4 is 15.4 Å². The molecule has 1 aliphatic heterocycles. The number of carbonyl (C=O) groups excluding carboxylic acids is 2. The molecule has 4 rings (SSSR count). The van der Waals surface area contributed by atoms with Gasteiger partial charge in [-0.3, -0.25) is 9.59 Å². The molecular formula is C21H16N2O3S. The average Bonchev–Trinajstić information content (AvgIpc) is 2.69. The fourth-order valence-electron chi connectivity index (χ4n) is 2.69. The summed E-state index contributed by atoms with van der Waals surface area (Å²) in [6, 6.07) is 21.9. The number of amides is 2. The molecule has 1 heterocycles. The number of hydrogen-bond donors (Lipinski definition) is 2. The van der Waals surface area contributed by atoms with Gasteiger partial charge in [-0.1, -0.05) is 30.3 Å². The van der Waals surface area contributed by atoms with E-state index in [1.807, 2.05) is 48.5 Å². The molecule has 3 aromatic rings. The van der Waals surface area contributed by atoms with Crippen LogP contribution in [0.15, 0.2) is 77.7 Å². The maximum absolute atomic E-state index is 12.7. The second-order valence-corrected chi connectivity index (χ2v) is 6.93. The number of carbonyl (C=O) groups is 2. The van der Waals surface area contributed by atoms with Crippen molar-refractivity contribution in [1.29, 1.82) is 0 Å². The van der Waals surface area contributed by atoms with E-state index < -0.39 is 0 Å². The van der Waals surface area contributed by atoms with E-state index in [0.717, 1.165) is 4.90 Å². The summed E-state index contributed by atoms with van der Waals surface area (Å²) in [5.41, 5.74) is 1.70. The number of rotatable bonds is 4. The lowest BCUT2D eigenvalue weighted by atomic mass is 10.1. The normalized spacial score (nSPS) is 12.7. The number of hydrogen-bond acceptors (Lipinski definition) is 4. The molecule has 0 radical (unpaired) electrons. The molecule has 1 aliphatic rings. The van der Waals surface area contributed by atoms with Gasteiger partial charge in [0.1, 0.15) is 5.75 Å². The predicted octanol–water partition coefficient (Wildman–Crippen LogP) is 4.78. The average molecular weight is 376 g/mol. The quantitative estimate of drug-likeness (QED) is 0.688. The second kappa shape index (κ2) is 7.55. The maximum Gasteiger partial charge on any atom is 0.255 e. The summed E-state index contributed by atoms with van der Waals surface area (Å²) in [4.78, 5) is 25.2. The zero-order valence-corrected chi connectivity index (χ0v) is 15.1. The molecule has 2 amide bonds. The first-order chi connectivity index (χ1) is 13.2. The number of nitrogens with one attached hydrogen (secondary N) is 2. The number of benzene rings is 3. The van der Waals surface area contributed by atoms with Gasteiger partial charge in [0.15, 0.2) is 5.75 Å². The highest BCUT2D eigenvalue weighted by atomic mass is 32.2. The molecule has 0 spiro atoms. The van der Waals surface area contributed by atoms with Crippen molar-refractivity contribution in [2.24, 2.45) is 0 Å². The van der Waals surface area contributed by atoms with Crippen LogP contribution in [0.5, 0.6) is 11.5 Å². The van der Waals surface area contributed by atoms with E-state index in [2.05, 4.69) is 10.6 Å². The highest BCUT2D eigenvalue weighted by Gasteiger charge is 2.18. The molecule has 134 valence electrons. The van der Waals surface area contributed by atoms with Crippen LogP contribution in [0.1, 0.15) is 10.4 Å². The van der Waals surface area contributed by atoms with Crippen molar-refractivity contribution in [2.45, 2.75) is 4.90 Å². The van der Waals surface area contributed by atoms with Crippen LogP contribution in [-0.4, -0.2) is 17.6 Å². The van der Waals surface area contributed by atoms with Crippen molar-refractivity contribution in [3.63, 3.8) is 0 Å². The van der Waals surface area contributed by atoms with E-state index in [0.29, 0.717) is 34.2 Å². The van der Waals surface area contributed by atoms with Crippen molar-refractivity contribution >= 4 is 35.0 Å². The van der Waals surface area contributed by atoms with Gasteiger partial charge in [-0.2, -0.15) is 0 Å². The Morgan fingerprint density at radius 1 is 1.00 bits per heavy atom. The molecule has 0 aromatic heterocycles. The number of thioether (sulfide) groups is 1. The summed E-state index contributed by atoms with van der Waals surface area (Å²) in [5.74, 6) is 1.30. The van der Waals surface area contributed by atoms with Gasteiger partial charge in [-0.05, 0) is 42.5 Å². The molecule has 3 aromatic carbocycles. The van der Waals surface area contributed by atoms with E-state index in [9.17, 15) is 9.59 Å². The number of para-hydroxylation sites is 3. The summed E-state index contributed by atoms with van der Waals surface area (Å²) in [6.45, 7) is 0. The topological polar surface area (TPSA) is 67.4 Å². The standard InChI is InChI=1S/C21H16N2O3S/c24-20-13-27-19-11-10-14(12-17(19)22-20)21(25)23-16-8-4-5-9-18(16)26-15-6-2-1-3-7-15/h1-12H,13H2,(H,22,24)(H,23,25).